The fourth-order valence-electron chi connectivity index (χ4n) is 4.52. The zero-order valence-electron chi connectivity index (χ0n) is 18.8. The van der Waals surface area contributed by atoms with Gasteiger partial charge in [0.2, 0.25) is 0 Å². The van der Waals surface area contributed by atoms with E-state index in [0.29, 0.717) is 0 Å². The lowest BCUT2D eigenvalue weighted by atomic mass is 10.1. The van der Waals surface area contributed by atoms with Gasteiger partial charge in [-0.15, -0.1) is 0 Å². The Labute approximate surface area is 185 Å². The van der Waals surface area contributed by atoms with Crippen molar-refractivity contribution in [2.45, 2.75) is 38.5 Å². The van der Waals surface area contributed by atoms with Crippen LogP contribution in [0.5, 0.6) is 0 Å². The molecule has 2 aromatic rings. The fraction of sp³-hybridized carbons (Fsp3) is 0.739. The highest BCUT2D eigenvalue weighted by molar-refractivity contribution is 5.06. The average Bonchev–Trinajstić information content (AvgIpc) is 3.49. The minimum absolute atomic E-state index is 0.961. The van der Waals surface area contributed by atoms with Crippen molar-refractivity contribution in [3.63, 3.8) is 0 Å². The monoisotopic (exact) mass is 430 g/mol. The van der Waals surface area contributed by atoms with Gasteiger partial charge in [0.05, 0.1) is 11.4 Å². The van der Waals surface area contributed by atoms with Crippen molar-refractivity contribution in [2.75, 3.05) is 72.0 Å². The molecule has 4 heterocycles. The highest BCUT2D eigenvalue weighted by Gasteiger charge is 2.17. The first-order valence-electron chi connectivity index (χ1n) is 12.1. The first kappa shape index (κ1) is 22.5. The van der Waals surface area contributed by atoms with Crippen LogP contribution < -0.4 is 5.32 Å². The van der Waals surface area contributed by atoms with Gasteiger partial charge in [-0.2, -0.15) is 0 Å². The van der Waals surface area contributed by atoms with E-state index in [2.05, 4.69) is 36.4 Å². The van der Waals surface area contributed by atoms with E-state index in [0.717, 1.165) is 95.2 Å². The molecule has 2 fully saturated rings. The smallest absolute Gasteiger partial charge is 0.138 e. The second-order valence-corrected chi connectivity index (χ2v) is 8.86. The number of piperazine rings is 2. The third-order valence-corrected chi connectivity index (χ3v) is 6.51. The minimum atomic E-state index is 0.961. The van der Waals surface area contributed by atoms with Crippen LogP contribution >= 0.6 is 0 Å². The minimum Gasteiger partial charge on any atom is -0.365 e. The first-order valence-corrected chi connectivity index (χ1v) is 12.1. The van der Waals surface area contributed by atoms with E-state index in [1.807, 2.05) is 6.07 Å². The summed E-state index contributed by atoms with van der Waals surface area (Å²) in [6, 6.07) is 4.13. The number of aromatic nitrogens is 2. The van der Waals surface area contributed by atoms with Crippen LogP contribution in [0.1, 0.15) is 36.4 Å². The molecule has 31 heavy (non-hydrogen) atoms. The number of hydrogen-bond donors (Lipinski definition) is 1. The summed E-state index contributed by atoms with van der Waals surface area (Å²) in [4.78, 5) is 7.68. The van der Waals surface area contributed by atoms with Gasteiger partial charge in [-0.3, -0.25) is 0 Å². The topological polar surface area (TPSA) is 73.8 Å². The molecule has 0 atom stereocenters. The first-order chi connectivity index (χ1) is 15.3. The van der Waals surface area contributed by atoms with Crippen molar-refractivity contribution in [3.8, 4) is 0 Å². The Morgan fingerprint density at radius 1 is 0.742 bits per heavy atom. The van der Waals surface area contributed by atoms with Crippen molar-refractivity contribution >= 4 is 0 Å². The van der Waals surface area contributed by atoms with Crippen LogP contribution in [-0.4, -0.2) is 97.0 Å². The Bertz CT molecular complexity index is 720. The molecule has 172 valence electrons. The van der Waals surface area contributed by atoms with Crippen molar-refractivity contribution in [3.05, 3.63) is 35.5 Å². The molecule has 0 unspecified atom stereocenters. The Morgan fingerprint density at radius 3 is 2.23 bits per heavy atom. The maximum absolute atomic E-state index is 5.59. The maximum Gasteiger partial charge on any atom is 0.138 e. The molecule has 4 rings (SSSR count). The summed E-state index contributed by atoms with van der Waals surface area (Å²) in [6.07, 6.45) is 8.21. The van der Waals surface area contributed by atoms with Crippen molar-refractivity contribution in [1.82, 2.24) is 30.3 Å². The van der Waals surface area contributed by atoms with Crippen LogP contribution in [0, 0.1) is 0 Å². The summed E-state index contributed by atoms with van der Waals surface area (Å²) in [5.41, 5.74) is 2.18. The third-order valence-electron chi connectivity index (χ3n) is 6.51. The Kier molecular flexibility index (Phi) is 8.93. The Balaban J connectivity index is 1.05. The summed E-state index contributed by atoms with van der Waals surface area (Å²) in [5.74, 6) is 1.03. The summed E-state index contributed by atoms with van der Waals surface area (Å²) >= 11 is 0. The molecule has 0 aromatic carbocycles. The molecular weight excluding hydrogens is 392 g/mol. The van der Waals surface area contributed by atoms with Gasteiger partial charge in [0.15, 0.2) is 0 Å². The molecule has 2 saturated heterocycles. The number of unbranched alkanes of at least 4 members (excludes halogenated alkanes) is 1. The summed E-state index contributed by atoms with van der Waals surface area (Å²) < 4.78 is 10.5. The molecule has 0 radical (unpaired) electrons. The zero-order chi connectivity index (χ0) is 21.1. The molecule has 1 N–H and O–H groups in total. The van der Waals surface area contributed by atoms with Crippen LogP contribution in [0.25, 0.3) is 0 Å². The third kappa shape index (κ3) is 7.71. The van der Waals surface area contributed by atoms with Gasteiger partial charge in [-0.1, -0.05) is 10.3 Å². The van der Waals surface area contributed by atoms with Crippen molar-refractivity contribution in [1.29, 1.82) is 0 Å². The van der Waals surface area contributed by atoms with Crippen LogP contribution in [0.4, 0.5) is 0 Å². The second kappa shape index (κ2) is 12.3. The molecule has 8 nitrogen and oxygen atoms in total. The van der Waals surface area contributed by atoms with Gasteiger partial charge in [-0.25, -0.2) is 0 Å². The van der Waals surface area contributed by atoms with E-state index in [1.54, 1.807) is 6.26 Å². The van der Waals surface area contributed by atoms with E-state index in [-0.39, 0.29) is 0 Å². The van der Waals surface area contributed by atoms with E-state index < -0.39 is 0 Å². The predicted octanol–water partition coefficient (Wildman–Crippen LogP) is 1.68. The molecule has 0 bridgehead atoms. The summed E-state index contributed by atoms with van der Waals surface area (Å²) in [5, 5.41) is 11.7. The lowest BCUT2D eigenvalue weighted by Gasteiger charge is -2.34. The Morgan fingerprint density at radius 2 is 1.45 bits per heavy atom. The second-order valence-electron chi connectivity index (χ2n) is 8.86. The molecule has 2 aliphatic heterocycles. The van der Waals surface area contributed by atoms with Crippen molar-refractivity contribution in [2.24, 2.45) is 0 Å². The largest absolute Gasteiger partial charge is 0.365 e. The molecule has 2 aromatic heterocycles. The molecule has 2 aliphatic rings. The molecular formula is C23H38N6O2. The normalized spacial score (nSPS) is 19.2. The van der Waals surface area contributed by atoms with Gasteiger partial charge in [0, 0.05) is 77.5 Å². The van der Waals surface area contributed by atoms with Gasteiger partial charge in [-0.05, 0) is 45.2 Å². The van der Waals surface area contributed by atoms with E-state index in [1.165, 1.54) is 32.5 Å². The maximum atomic E-state index is 5.59. The SMILES string of the molecule is c1cc(CCCCN2CCN(CCc3cc(CCCN4CCNCC4)no3)CC2)no1. The number of nitrogens with one attached hydrogen (secondary N) is 1. The highest BCUT2D eigenvalue weighted by atomic mass is 16.5. The van der Waals surface area contributed by atoms with E-state index in [4.69, 9.17) is 9.05 Å². The van der Waals surface area contributed by atoms with Gasteiger partial charge in [0.25, 0.3) is 0 Å². The number of hydrogen-bond acceptors (Lipinski definition) is 8. The van der Waals surface area contributed by atoms with Crippen LogP contribution in [-0.2, 0) is 19.3 Å². The molecule has 0 aliphatic carbocycles. The van der Waals surface area contributed by atoms with Crippen LogP contribution in [0.2, 0.25) is 0 Å². The average molecular weight is 431 g/mol. The number of nitrogens with zero attached hydrogens (tertiary/aromatic N) is 5. The van der Waals surface area contributed by atoms with E-state index >= 15 is 0 Å². The standard InChI is InChI=1S/C23H38N6O2/c1(4-21-7-19-30-25-21)2-10-28-15-17-29(18-16-28)12-6-23-20-22(26-31-23)5-3-11-27-13-8-24-9-14-27/h7,19-20,24H,1-6,8-18H2. The number of rotatable bonds is 12. The quantitative estimate of drug-likeness (QED) is 0.510. The lowest BCUT2D eigenvalue weighted by Crippen LogP contribution is -2.47. The van der Waals surface area contributed by atoms with Crippen molar-refractivity contribution < 1.29 is 9.05 Å². The zero-order valence-corrected chi connectivity index (χ0v) is 18.8. The molecule has 0 spiro atoms. The van der Waals surface area contributed by atoms with Gasteiger partial charge < -0.3 is 29.1 Å². The van der Waals surface area contributed by atoms with Gasteiger partial charge in [0.1, 0.15) is 12.0 Å². The molecule has 8 heteroatoms. The van der Waals surface area contributed by atoms with Crippen LogP contribution in [0.15, 0.2) is 27.4 Å². The fourth-order valence-corrected chi connectivity index (χ4v) is 4.52. The van der Waals surface area contributed by atoms with Gasteiger partial charge >= 0.3 is 0 Å². The highest BCUT2D eigenvalue weighted by Crippen LogP contribution is 2.11. The summed E-state index contributed by atoms with van der Waals surface area (Å²) in [7, 11) is 0. The molecule has 0 amide bonds. The lowest BCUT2D eigenvalue weighted by molar-refractivity contribution is 0.130. The molecule has 0 saturated carbocycles. The Hall–Kier alpha value is -1.74. The number of aryl methyl sites for hydroxylation is 2. The predicted molar refractivity (Wildman–Crippen MR) is 120 cm³/mol. The van der Waals surface area contributed by atoms with E-state index in [9.17, 15) is 0 Å². The van der Waals surface area contributed by atoms with Crippen LogP contribution in [0.3, 0.4) is 0 Å². The summed E-state index contributed by atoms with van der Waals surface area (Å²) in [6.45, 7) is 12.6.